The predicted molar refractivity (Wildman–Crippen MR) is 69.1 cm³/mol. The molecule has 0 radical (unpaired) electrons. The second-order valence-electron chi connectivity index (χ2n) is 4.40. The molecular weight excluding hydrogens is 234 g/mol. The third kappa shape index (κ3) is 3.01. The molecule has 2 rings (SSSR count). The average molecular weight is 251 g/mol. The fraction of sp³-hybridized carbons (Fsp3) is 0.462. The summed E-state index contributed by atoms with van der Waals surface area (Å²) in [4.78, 5) is 14.8. The van der Waals surface area contributed by atoms with Gasteiger partial charge in [-0.05, 0) is 18.6 Å². The van der Waals surface area contributed by atoms with Crippen molar-refractivity contribution in [3.05, 3.63) is 29.8 Å². The second kappa shape index (κ2) is 5.56. The molecule has 1 N–H and O–H groups in total. The van der Waals surface area contributed by atoms with Gasteiger partial charge in [-0.25, -0.2) is 0 Å². The molecule has 1 amide bonds. The molecule has 1 aromatic carbocycles. The van der Waals surface area contributed by atoms with E-state index in [9.17, 15) is 4.79 Å². The Labute approximate surface area is 106 Å². The zero-order valence-electron chi connectivity index (χ0n) is 9.93. The minimum Gasteiger partial charge on any atom is -0.396 e. The van der Waals surface area contributed by atoms with Crippen molar-refractivity contribution in [3.63, 3.8) is 0 Å². The molecule has 0 unspecified atom stereocenters. The van der Waals surface area contributed by atoms with Crippen LogP contribution in [0.4, 0.5) is 0 Å². The number of benzene rings is 1. The normalized spacial score (nSPS) is 15.8. The third-order valence-corrected chi connectivity index (χ3v) is 4.17. The Morgan fingerprint density at radius 1 is 1.47 bits per heavy atom. The molecule has 3 nitrogen and oxygen atoms in total. The van der Waals surface area contributed by atoms with Gasteiger partial charge in [-0.2, -0.15) is 0 Å². The van der Waals surface area contributed by atoms with E-state index in [1.165, 1.54) is 10.5 Å². The number of nitrogens with zero attached hydrogens (tertiary/aromatic N) is 1. The van der Waals surface area contributed by atoms with Gasteiger partial charge in [0.2, 0.25) is 5.91 Å². The van der Waals surface area contributed by atoms with Crippen LogP contribution in [0.25, 0.3) is 0 Å². The number of thioether (sulfide) groups is 1. The van der Waals surface area contributed by atoms with Gasteiger partial charge in [0.05, 0.1) is 5.75 Å². The standard InChI is InChI=1S/C13H17NO2S/c1-10-4-2-3-5-12(10)17-9-13(16)14-6-11(7-14)8-15/h2-5,11,15H,6-9H2,1H3. The van der Waals surface area contributed by atoms with E-state index in [2.05, 4.69) is 13.0 Å². The summed E-state index contributed by atoms with van der Waals surface area (Å²) in [5.41, 5.74) is 1.21. The second-order valence-corrected chi connectivity index (χ2v) is 5.42. The van der Waals surface area contributed by atoms with Crippen LogP contribution in [0.1, 0.15) is 5.56 Å². The number of aliphatic hydroxyl groups excluding tert-OH is 1. The monoisotopic (exact) mass is 251 g/mol. The van der Waals surface area contributed by atoms with Crippen LogP contribution in [0.15, 0.2) is 29.2 Å². The van der Waals surface area contributed by atoms with Gasteiger partial charge in [0, 0.05) is 30.5 Å². The predicted octanol–water partition coefficient (Wildman–Crippen LogP) is 1.54. The Kier molecular flexibility index (Phi) is 4.07. The first kappa shape index (κ1) is 12.5. The van der Waals surface area contributed by atoms with Gasteiger partial charge in [0.25, 0.3) is 0 Å². The van der Waals surface area contributed by atoms with E-state index in [1.807, 2.05) is 23.1 Å². The van der Waals surface area contributed by atoms with E-state index >= 15 is 0 Å². The van der Waals surface area contributed by atoms with Gasteiger partial charge in [-0.15, -0.1) is 11.8 Å². The average Bonchev–Trinajstić information content (AvgIpc) is 2.26. The summed E-state index contributed by atoms with van der Waals surface area (Å²) in [6.07, 6.45) is 0. The van der Waals surface area contributed by atoms with Crippen molar-refractivity contribution in [3.8, 4) is 0 Å². The lowest BCUT2D eigenvalue weighted by Gasteiger charge is -2.38. The van der Waals surface area contributed by atoms with Crippen LogP contribution >= 0.6 is 11.8 Å². The number of rotatable bonds is 4. The van der Waals surface area contributed by atoms with Crippen LogP contribution in [0.5, 0.6) is 0 Å². The number of aryl methyl sites for hydroxylation is 1. The van der Waals surface area contributed by atoms with Gasteiger partial charge in [-0.3, -0.25) is 4.79 Å². The first-order valence-corrected chi connectivity index (χ1v) is 6.76. The van der Waals surface area contributed by atoms with Crippen LogP contribution in [0, 0.1) is 12.8 Å². The van der Waals surface area contributed by atoms with Crippen molar-refractivity contribution in [1.82, 2.24) is 4.90 Å². The largest absolute Gasteiger partial charge is 0.396 e. The molecule has 1 aromatic rings. The molecule has 0 spiro atoms. The number of hydrogen-bond donors (Lipinski definition) is 1. The Morgan fingerprint density at radius 2 is 2.18 bits per heavy atom. The molecule has 92 valence electrons. The zero-order valence-corrected chi connectivity index (χ0v) is 10.7. The molecule has 17 heavy (non-hydrogen) atoms. The van der Waals surface area contributed by atoms with Gasteiger partial charge < -0.3 is 10.0 Å². The molecule has 4 heteroatoms. The fourth-order valence-corrected chi connectivity index (χ4v) is 2.77. The summed E-state index contributed by atoms with van der Waals surface area (Å²) in [5, 5.41) is 8.89. The molecule has 1 aliphatic heterocycles. The highest BCUT2D eigenvalue weighted by molar-refractivity contribution is 8.00. The number of likely N-dealkylation sites (tertiary alicyclic amines) is 1. The summed E-state index contributed by atoms with van der Waals surface area (Å²) < 4.78 is 0. The Bertz CT molecular complexity index is 402. The van der Waals surface area contributed by atoms with Crippen LogP contribution < -0.4 is 0 Å². The van der Waals surface area contributed by atoms with E-state index in [0.717, 1.165) is 0 Å². The number of carbonyl (C=O) groups excluding carboxylic acids is 1. The fourth-order valence-electron chi connectivity index (χ4n) is 1.84. The van der Waals surface area contributed by atoms with Crippen molar-refractivity contribution in [2.45, 2.75) is 11.8 Å². The van der Waals surface area contributed by atoms with Gasteiger partial charge >= 0.3 is 0 Å². The Hall–Kier alpha value is -1.00. The Morgan fingerprint density at radius 3 is 2.82 bits per heavy atom. The number of hydrogen-bond acceptors (Lipinski definition) is 3. The zero-order chi connectivity index (χ0) is 12.3. The van der Waals surface area contributed by atoms with Gasteiger partial charge in [-0.1, -0.05) is 18.2 Å². The Balaban J connectivity index is 1.79. The molecule has 0 aliphatic carbocycles. The number of carbonyl (C=O) groups is 1. The number of aliphatic hydroxyl groups is 1. The SMILES string of the molecule is Cc1ccccc1SCC(=O)N1CC(CO)C1. The van der Waals surface area contributed by atoms with Gasteiger partial charge in [0.15, 0.2) is 0 Å². The van der Waals surface area contributed by atoms with E-state index in [-0.39, 0.29) is 12.5 Å². The smallest absolute Gasteiger partial charge is 0.232 e. The number of amides is 1. The summed E-state index contributed by atoms with van der Waals surface area (Å²) in [6.45, 7) is 3.67. The third-order valence-electron chi connectivity index (χ3n) is 3.01. The molecular formula is C13H17NO2S. The van der Waals surface area contributed by atoms with Crippen molar-refractivity contribution < 1.29 is 9.90 Å². The van der Waals surface area contributed by atoms with Crippen molar-refractivity contribution >= 4 is 17.7 Å². The molecule has 1 saturated heterocycles. The van der Waals surface area contributed by atoms with E-state index in [1.54, 1.807) is 11.8 Å². The van der Waals surface area contributed by atoms with Crippen LogP contribution in [-0.4, -0.2) is 41.4 Å². The highest BCUT2D eigenvalue weighted by atomic mass is 32.2. The molecule has 1 heterocycles. The maximum absolute atomic E-state index is 11.8. The highest BCUT2D eigenvalue weighted by Crippen LogP contribution is 2.23. The summed E-state index contributed by atoms with van der Waals surface area (Å²) >= 11 is 1.59. The minimum atomic E-state index is 0.169. The lowest BCUT2D eigenvalue weighted by atomic mass is 10.0. The first-order valence-electron chi connectivity index (χ1n) is 5.77. The van der Waals surface area contributed by atoms with Crippen LogP contribution in [0.3, 0.4) is 0 Å². The van der Waals surface area contributed by atoms with Crippen molar-refractivity contribution in [2.24, 2.45) is 5.92 Å². The summed E-state index contributed by atoms with van der Waals surface area (Å²) in [5.74, 6) is 0.952. The quantitative estimate of drug-likeness (QED) is 0.825. The van der Waals surface area contributed by atoms with Crippen molar-refractivity contribution in [1.29, 1.82) is 0 Å². The maximum atomic E-state index is 11.8. The summed E-state index contributed by atoms with van der Waals surface area (Å²) in [6, 6.07) is 8.09. The molecule has 1 fully saturated rings. The lowest BCUT2D eigenvalue weighted by molar-refractivity contribution is -0.135. The summed E-state index contributed by atoms with van der Waals surface area (Å²) in [7, 11) is 0. The molecule has 0 aromatic heterocycles. The van der Waals surface area contributed by atoms with E-state index in [4.69, 9.17) is 5.11 Å². The lowest BCUT2D eigenvalue weighted by Crippen LogP contribution is -2.51. The maximum Gasteiger partial charge on any atom is 0.232 e. The van der Waals surface area contributed by atoms with Gasteiger partial charge in [0.1, 0.15) is 0 Å². The topological polar surface area (TPSA) is 40.5 Å². The molecule has 1 aliphatic rings. The molecule has 0 bridgehead atoms. The van der Waals surface area contributed by atoms with Crippen molar-refractivity contribution in [2.75, 3.05) is 25.4 Å². The van der Waals surface area contributed by atoms with E-state index < -0.39 is 0 Å². The molecule has 0 saturated carbocycles. The highest BCUT2D eigenvalue weighted by Gasteiger charge is 2.29. The molecule has 0 atom stereocenters. The minimum absolute atomic E-state index is 0.169. The van der Waals surface area contributed by atoms with E-state index in [0.29, 0.717) is 24.8 Å². The van der Waals surface area contributed by atoms with Crippen LogP contribution in [0.2, 0.25) is 0 Å². The first-order chi connectivity index (χ1) is 8.20. The van der Waals surface area contributed by atoms with Crippen LogP contribution in [-0.2, 0) is 4.79 Å².